The zero-order valence-corrected chi connectivity index (χ0v) is 4.07. The molecule has 3 heteroatoms. The van der Waals surface area contributed by atoms with Gasteiger partial charge in [-0.15, -0.1) is 0 Å². The van der Waals surface area contributed by atoms with E-state index in [4.69, 9.17) is 0 Å². The minimum absolute atomic E-state index is 0.0154. The molecule has 0 saturated carbocycles. The fourth-order valence-electron chi connectivity index (χ4n) is 0.202. The second kappa shape index (κ2) is 4.43. The van der Waals surface area contributed by atoms with Gasteiger partial charge in [0, 0.05) is 6.08 Å². The third-order valence-electron chi connectivity index (χ3n) is 0.494. The van der Waals surface area contributed by atoms with E-state index in [-0.39, 0.29) is 6.33 Å². The summed E-state index contributed by atoms with van der Waals surface area (Å²) in [4.78, 5) is 0. The van der Waals surface area contributed by atoms with Gasteiger partial charge < -0.3 is 0 Å². The maximum atomic E-state index is 11.7. The first-order chi connectivity index (χ1) is 3.81. The lowest BCUT2D eigenvalue weighted by atomic mass is 10.5. The van der Waals surface area contributed by atoms with E-state index in [2.05, 4.69) is 0 Å². The maximum absolute atomic E-state index is 11.7. The van der Waals surface area contributed by atoms with Crippen LogP contribution in [0.1, 0.15) is 0 Å². The molecule has 0 radical (unpaired) electrons. The van der Waals surface area contributed by atoms with Crippen molar-refractivity contribution in [2.75, 3.05) is 6.67 Å². The highest BCUT2D eigenvalue weighted by Gasteiger charge is 1.82. The Morgan fingerprint density at radius 1 is 1.50 bits per heavy atom. The van der Waals surface area contributed by atoms with Gasteiger partial charge in [0.2, 0.25) is 0 Å². The van der Waals surface area contributed by atoms with Crippen molar-refractivity contribution in [3.63, 3.8) is 0 Å². The van der Waals surface area contributed by atoms with Crippen molar-refractivity contribution in [2.45, 2.75) is 0 Å². The molecule has 0 aliphatic heterocycles. The number of alkyl halides is 1. The van der Waals surface area contributed by atoms with Crippen molar-refractivity contribution < 1.29 is 13.2 Å². The molecule has 0 rings (SSSR count). The van der Waals surface area contributed by atoms with Crippen LogP contribution in [-0.2, 0) is 0 Å². The van der Waals surface area contributed by atoms with Crippen molar-refractivity contribution in [1.29, 1.82) is 0 Å². The standard InChI is InChI=1S/C5H5F3/c6-3-1-5(8)2-4-7/h1-3H,4H2/b3-1-,5-2-. The Morgan fingerprint density at radius 2 is 2.12 bits per heavy atom. The summed E-state index contributed by atoms with van der Waals surface area (Å²) in [5.74, 6) is -0.894. The van der Waals surface area contributed by atoms with Gasteiger partial charge in [-0.2, -0.15) is 0 Å². The summed E-state index contributed by atoms with van der Waals surface area (Å²) in [6, 6.07) is 0. The van der Waals surface area contributed by atoms with E-state index in [1.165, 1.54) is 0 Å². The molecule has 0 aliphatic rings. The number of hydrogen-bond donors (Lipinski definition) is 0. The Bertz CT molecular complexity index is 104. The van der Waals surface area contributed by atoms with E-state index in [1.807, 2.05) is 0 Å². The van der Waals surface area contributed by atoms with Gasteiger partial charge in [0.15, 0.2) is 0 Å². The Balaban J connectivity index is 3.61. The molecule has 0 aromatic rings. The first-order valence-electron chi connectivity index (χ1n) is 1.99. The van der Waals surface area contributed by atoms with Gasteiger partial charge in [-0.05, 0) is 6.08 Å². The van der Waals surface area contributed by atoms with E-state index in [0.717, 1.165) is 0 Å². The molecule has 0 N–H and O–H groups in total. The van der Waals surface area contributed by atoms with Crippen LogP contribution in [0, 0.1) is 0 Å². The van der Waals surface area contributed by atoms with Crippen LogP contribution in [0.3, 0.4) is 0 Å². The van der Waals surface area contributed by atoms with Crippen LogP contribution < -0.4 is 0 Å². The molecule has 46 valence electrons. The molecule has 0 unspecified atom stereocenters. The van der Waals surface area contributed by atoms with Gasteiger partial charge in [0.05, 0.1) is 6.33 Å². The van der Waals surface area contributed by atoms with Crippen LogP contribution in [0.4, 0.5) is 13.2 Å². The van der Waals surface area contributed by atoms with Crippen LogP contribution >= 0.6 is 0 Å². The monoisotopic (exact) mass is 122 g/mol. The average Bonchev–Trinajstić information content (AvgIpc) is 1.68. The zero-order valence-electron chi connectivity index (χ0n) is 4.07. The molecule has 0 saturated heterocycles. The van der Waals surface area contributed by atoms with E-state index in [9.17, 15) is 13.2 Å². The Morgan fingerprint density at radius 3 is 2.50 bits per heavy atom. The fourth-order valence-corrected chi connectivity index (χ4v) is 0.202. The predicted molar refractivity (Wildman–Crippen MR) is 25.4 cm³/mol. The molecule has 0 aromatic carbocycles. The van der Waals surface area contributed by atoms with Crippen molar-refractivity contribution in [2.24, 2.45) is 0 Å². The third kappa shape index (κ3) is 3.46. The molecule has 0 heterocycles. The summed E-state index contributed by atoms with van der Waals surface area (Å²) in [5.41, 5.74) is 0. The largest absolute Gasteiger partial charge is 0.246 e. The van der Waals surface area contributed by atoms with E-state index < -0.39 is 12.5 Å². The number of allylic oxidation sites excluding steroid dienone is 3. The second-order valence-electron chi connectivity index (χ2n) is 1.04. The van der Waals surface area contributed by atoms with Gasteiger partial charge in [0.1, 0.15) is 12.5 Å². The first kappa shape index (κ1) is 7.27. The molecule has 0 fully saturated rings. The molecule has 8 heavy (non-hydrogen) atoms. The quantitative estimate of drug-likeness (QED) is 0.493. The second-order valence-corrected chi connectivity index (χ2v) is 1.04. The van der Waals surface area contributed by atoms with Crippen molar-refractivity contribution >= 4 is 0 Å². The minimum atomic E-state index is -0.907. The Hall–Kier alpha value is -0.730. The zero-order chi connectivity index (χ0) is 6.41. The highest BCUT2D eigenvalue weighted by atomic mass is 19.1. The van der Waals surface area contributed by atoms with Crippen LogP contribution in [0.2, 0.25) is 0 Å². The molecule has 0 aliphatic carbocycles. The third-order valence-corrected chi connectivity index (χ3v) is 0.494. The van der Waals surface area contributed by atoms with Gasteiger partial charge in [-0.25, -0.2) is 13.2 Å². The van der Waals surface area contributed by atoms with E-state index in [1.54, 1.807) is 0 Å². The lowest BCUT2D eigenvalue weighted by Crippen LogP contribution is -1.66. The summed E-state index contributed by atoms with van der Waals surface area (Å²) < 4.78 is 33.8. The average molecular weight is 122 g/mol. The number of halogens is 3. The van der Waals surface area contributed by atoms with E-state index in [0.29, 0.717) is 12.2 Å². The summed E-state index contributed by atoms with van der Waals surface area (Å²) in [7, 11) is 0. The highest BCUT2D eigenvalue weighted by Crippen LogP contribution is 1.97. The first-order valence-corrected chi connectivity index (χ1v) is 1.99. The molecule has 0 atom stereocenters. The SMILES string of the molecule is F/C=C\C(F)=C\CF. The lowest BCUT2D eigenvalue weighted by Gasteiger charge is -1.77. The van der Waals surface area contributed by atoms with Crippen molar-refractivity contribution in [3.8, 4) is 0 Å². The maximum Gasteiger partial charge on any atom is 0.124 e. The van der Waals surface area contributed by atoms with E-state index >= 15 is 0 Å². The smallest absolute Gasteiger partial charge is 0.124 e. The summed E-state index contributed by atoms with van der Waals surface area (Å²) in [6.07, 6.45) is 1.19. The molecule has 0 bridgehead atoms. The molecule has 0 spiro atoms. The fraction of sp³-hybridized carbons (Fsp3) is 0.200. The van der Waals surface area contributed by atoms with Crippen molar-refractivity contribution in [3.05, 3.63) is 24.3 Å². The topological polar surface area (TPSA) is 0 Å². The molecule has 0 nitrogen and oxygen atoms in total. The van der Waals surface area contributed by atoms with Crippen LogP contribution in [0.25, 0.3) is 0 Å². The van der Waals surface area contributed by atoms with Crippen LogP contribution in [0.15, 0.2) is 24.3 Å². The number of hydrogen-bond acceptors (Lipinski definition) is 0. The Labute approximate surface area is 45.3 Å². The number of rotatable bonds is 2. The lowest BCUT2D eigenvalue weighted by molar-refractivity contribution is 0.547. The summed E-state index contributed by atoms with van der Waals surface area (Å²) in [5, 5.41) is 0. The minimum Gasteiger partial charge on any atom is -0.246 e. The van der Waals surface area contributed by atoms with Gasteiger partial charge in [0.25, 0.3) is 0 Å². The normalized spacial score (nSPS) is 13.1. The van der Waals surface area contributed by atoms with Gasteiger partial charge in [-0.1, -0.05) is 0 Å². The highest BCUT2D eigenvalue weighted by molar-refractivity contribution is 5.08. The molecular formula is C5H5F3. The molecule has 0 aromatic heterocycles. The Kier molecular flexibility index (Phi) is 4.03. The predicted octanol–water partition coefficient (Wildman–Crippen LogP) is 2.29. The van der Waals surface area contributed by atoms with Gasteiger partial charge in [-0.3, -0.25) is 0 Å². The summed E-state index contributed by atoms with van der Waals surface area (Å²) in [6.45, 7) is -0.907. The molecule has 0 amide bonds. The summed E-state index contributed by atoms with van der Waals surface area (Å²) >= 11 is 0. The van der Waals surface area contributed by atoms with Gasteiger partial charge >= 0.3 is 0 Å². The van der Waals surface area contributed by atoms with Crippen molar-refractivity contribution in [1.82, 2.24) is 0 Å². The van der Waals surface area contributed by atoms with Crippen LogP contribution in [-0.4, -0.2) is 6.67 Å². The molecular weight excluding hydrogens is 117 g/mol. The van der Waals surface area contributed by atoms with Crippen LogP contribution in [0.5, 0.6) is 0 Å².